The van der Waals surface area contributed by atoms with Crippen LogP contribution in [0, 0.1) is 0 Å². The molecule has 0 bridgehead atoms. The maximum Gasteiger partial charge on any atom is 2.00 e. The molecule has 0 heterocycles. The minimum atomic E-state index is -1.11. The zero-order valence-corrected chi connectivity index (χ0v) is 19.2. The molecule has 0 aliphatic rings. The molecule has 140 valence electrons. The van der Waals surface area contributed by atoms with Gasteiger partial charge in [-0.15, -0.1) is 0 Å². The molecule has 2 aromatic carbocycles. The summed E-state index contributed by atoms with van der Waals surface area (Å²) >= 11 is 0. The van der Waals surface area contributed by atoms with E-state index < -0.39 is 11.9 Å². The van der Waals surface area contributed by atoms with Crippen LogP contribution in [-0.2, 0) is 32.3 Å². The first-order valence-electron chi connectivity index (χ1n) is 9.08. The molecule has 2 aromatic rings. The van der Waals surface area contributed by atoms with Crippen molar-refractivity contribution in [3.05, 3.63) is 70.8 Å². The Balaban J connectivity index is 0.000000483. The Hall–Kier alpha value is -2.00. The number of carboxylic acid groups (broad SMARTS) is 2. The summed E-state index contributed by atoms with van der Waals surface area (Å²) in [6.07, 6.45) is 6.63. The van der Waals surface area contributed by atoms with Gasteiger partial charge in [-0.1, -0.05) is 75.2 Å². The maximum absolute atomic E-state index is 10.4. The van der Waals surface area contributed by atoms with E-state index in [4.69, 9.17) is 0 Å². The average molecular weight is 420 g/mol. The molecule has 0 aromatic heterocycles. The molecule has 4 nitrogen and oxygen atoms in total. The van der Waals surface area contributed by atoms with E-state index in [-0.39, 0.29) is 30.6 Å². The Labute approximate surface area is 174 Å². The van der Waals surface area contributed by atoms with Gasteiger partial charge in [-0.3, -0.25) is 0 Å². The number of carboxylic acids is 2. The van der Waals surface area contributed by atoms with Crippen LogP contribution in [0.1, 0.15) is 71.4 Å². The van der Waals surface area contributed by atoms with Gasteiger partial charge in [0.15, 0.2) is 0 Å². The van der Waals surface area contributed by atoms with Gasteiger partial charge in [-0.2, -0.15) is 0 Å². The van der Waals surface area contributed by atoms with E-state index in [1.165, 1.54) is 11.1 Å². The van der Waals surface area contributed by atoms with Gasteiger partial charge in [0.05, 0.1) is 11.9 Å². The predicted octanol–water partition coefficient (Wildman–Crippen LogP) is 2.78. The smallest absolute Gasteiger partial charge is 0.545 e. The molecule has 0 radical (unpaired) electrons. The van der Waals surface area contributed by atoms with E-state index in [9.17, 15) is 19.8 Å². The SMILES string of the molecule is CCCCc1ccc(C(=O)[O-])cc1.CCCCc1ccc(C(=O)[O-])cc1.[Zn+2]. The largest absolute Gasteiger partial charge is 2.00 e. The van der Waals surface area contributed by atoms with E-state index >= 15 is 0 Å². The van der Waals surface area contributed by atoms with Crippen LogP contribution in [0.15, 0.2) is 48.5 Å². The summed E-state index contributed by atoms with van der Waals surface area (Å²) < 4.78 is 0. The summed E-state index contributed by atoms with van der Waals surface area (Å²) in [7, 11) is 0. The minimum absolute atomic E-state index is 0. The Morgan fingerprint density at radius 2 is 0.963 bits per heavy atom. The van der Waals surface area contributed by atoms with Crippen molar-refractivity contribution in [2.75, 3.05) is 0 Å². The van der Waals surface area contributed by atoms with Crippen LogP contribution in [0.5, 0.6) is 0 Å². The molecule has 5 heteroatoms. The van der Waals surface area contributed by atoms with E-state index in [2.05, 4.69) is 13.8 Å². The molecule has 0 unspecified atom stereocenters. The summed E-state index contributed by atoms with van der Waals surface area (Å²) in [4.78, 5) is 20.8. The molecule has 0 aliphatic carbocycles. The normalized spacial score (nSPS) is 9.56. The molecule has 0 spiro atoms. The standard InChI is InChI=1S/2C11H14O2.Zn/c2*1-2-3-4-9-5-7-10(8-6-9)11(12)13;/h2*5-8H,2-4H2,1H3,(H,12,13);/q;;+2/p-2. The molecule has 0 aliphatic heterocycles. The van der Waals surface area contributed by atoms with E-state index in [1.54, 1.807) is 24.3 Å². The third kappa shape index (κ3) is 10.1. The van der Waals surface area contributed by atoms with Crippen molar-refractivity contribution in [2.45, 2.75) is 52.4 Å². The number of unbranched alkanes of at least 4 members (excludes halogenated alkanes) is 2. The zero-order valence-electron chi connectivity index (χ0n) is 16.2. The summed E-state index contributed by atoms with van der Waals surface area (Å²) in [5.74, 6) is -2.22. The summed E-state index contributed by atoms with van der Waals surface area (Å²) in [5, 5.41) is 20.8. The fraction of sp³-hybridized carbons (Fsp3) is 0.364. The number of carbonyl (C=O) groups excluding carboxylic acids is 2. The van der Waals surface area contributed by atoms with Crippen LogP contribution in [0.3, 0.4) is 0 Å². The van der Waals surface area contributed by atoms with Gasteiger partial charge in [0, 0.05) is 0 Å². The topological polar surface area (TPSA) is 80.3 Å². The number of aromatic carboxylic acids is 2. The van der Waals surface area contributed by atoms with Gasteiger partial charge in [0.25, 0.3) is 0 Å². The molecular weight excluding hydrogens is 394 g/mol. The molecule has 27 heavy (non-hydrogen) atoms. The second-order valence-electron chi connectivity index (χ2n) is 6.18. The molecular formula is C22H26O4Zn. The van der Waals surface area contributed by atoms with Crippen molar-refractivity contribution in [2.24, 2.45) is 0 Å². The molecule has 0 N–H and O–H groups in total. The second-order valence-corrected chi connectivity index (χ2v) is 6.18. The van der Waals surface area contributed by atoms with Crippen LogP contribution < -0.4 is 10.2 Å². The third-order valence-corrected chi connectivity index (χ3v) is 4.02. The molecule has 0 saturated heterocycles. The number of hydrogen-bond acceptors (Lipinski definition) is 4. The average Bonchev–Trinajstić information content (AvgIpc) is 2.66. The van der Waals surface area contributed by atoms with E-state index in [0.29, 0.717) is 0 Å². The van der Waals surface area contributed by atoms with Crippen molar-refractivity contribution in [1.29, 1.82) is 0 Å². The maximum atomic E-state index is 10.4. The molecule has 2 rings (SSSR count). The van der Waals surface area contributed by atoms with Crippen molar-refractivity contribution in [3.8, 4) is 0 Å². The number of rotatable bonds is 8. The van der Waals surface area contributed by atoms with Crippen LogP contribution in [0.4, 0.5) is 0 Å². The first-order chi connectivity index (χ1) is 12.5. The van der Waals surface area contributed by atoms with Crippen molar-refractivity contribution < 1.29 is 39.3 Å². The number of carbonyl (C=O) groups is 2. The van der Waals surface area contributed by atoms with Crippen molar-refractivity contribution in [3.63, 3.8) is 0 Å². The Morgan fingerprint density at radius 3 is 1.19 bits per heavy atom. The third-order valence-electron chi connectivity index (χ3n) is 4.02. The van der Waals surface area contributed by atoms with Gasteiger partial charge < -0.3 is 19.8 Å². The van der Waals surface area contributed by atoms with Crippen molar-refractivity contribution in [1.82, 2.24) is 0 Å². The molecule has 0 saturated carbocycles. The number of benzene rings is 2. The fourth-order valence-corrected chi connectivity index (χ4v) is 2.38. The minimum Gasteiger partial charge on any atom is -0.545 e. The Morgan fingerprint density at radius 1 is 0.667 bits per heavy atom. The van der Waals surface area contributed by atoms with Crippen LogP contribution >= 0.6 is 0 Å². The Kier molecular flexibility index (Phi) is 13.1. The van der Waals surface area contributed by atoms with E-state index in [1.807, 2.05) is 24.3 Å². The monoisotopic (exact) mass is 418 g/mol. The summed E-state index contributed by atoms with van der Waals surface area (Å²) in [6.45, 7) is 4.27. The van der Waals surface area contributed by atoms with Crippen LogP contribution in [-0.4, -0.2) is 11.9 Å². The van der Waals surface area contributed by atoms with Gasteiger partial charge in [-0.25, -0.2) is 0 Å². The van der Waals surface area contributed by atoms with Crippen LogP contribution in [0.25, 0.3) is 0 Å². The van der Waals surface area contributed by atoms with Gasteiger partial charge in [-0.05, 0) is 47.9 Å². The first-order valence-corrected chi connectivity index (χ1v) is 9.08. The zero-order chi connectivity index (χ0) is 19.4. The number of hydrogen-bond donors (Lipinski definition) is 0. The molecule has 0 atom stereocenters. The number of aryl methyl sites for hydroxylation is 2. The Bertz CT molecular complexity index is 617. The molecule has 0 amide bonds. The van der Waals surface area contributed by atoms with Gasteiger partial charge in [0.2, 0.25) is 0 Å². The van der Waals surface area contributed by atoms with Crippen molar-refractivity contribution >= 4 is 11.9 Å². The van der Waals surface area contributed by atoms with Gasteiger partial charge >= 0.3 is 19.5 Å². The summed E-state index contributed by atoms with van der Waals surface area (Å²) in [5.41, 5.74) is 2.87. The summed E-state index contributed by atoms with van der Waals surface area (Å²) in [6, 6.07) is 13.8. The van der Waals surface area contributed by atoms with E-state index in [0.717, 1.165) is 38.5 Å². The van der Waals surface area contributed by atoms with Gasteiger partial charge in [0.1, 0.15) is 0 Å². The van der Waals surface area contributed by atoms with Crippen LogP contribution in [0.2, 0.25) is 0 Å². The second kappa shape index (κ2) is 14.1. The molecule has 0 fully saturated rings. The first kappa shape index (κ1) is 25.0. The predicted molar refractivity (Wildman–Crippen MR) is 98.8 cm³/mol. The fourth-order valence-electron chi connectivity index (χ4n) is 2.38. The quantitative estimate of drug-likeness (QED) is 0.616.